The van der Waals surface area contributed by atoms with Crippen LogP contribution in [-0.4, -0.2) is 40.1 Å². The Morgan fingerprint density at radius 1 is 1.25 bits per heavy atom. The predicted molar refractivity (Wildman–Crippen MR) is 92.3 cm³/mol. The molecular weight excluding hydrogens is 326 g/mol. The fourth-order valence-electron chi connectivity index (χ4n) is 2.75. The minimum Gasteiger partial charge on any atom is -0.481 e. The molecule has 1 fully saturated rings. The third-order valence-corrected chi connectivity index (χ3v) is 4.93. The van der Waals surface area contributed by atoms with Crippen LogP contribution in [-0.2, 0) is 11.2 Å². The first kappa shape index (κ1) is 16.4. The average molecular weight is 345 g/mol. The molecule has 6 nitrogen and oxygen atoms in total. The van der Waals surface area contributed by atoms with Gasteiger partial charge in [0.05, 0.1) is 11.6 Å². The van der Waals surface area contributed by atoms with E-state index in [0.29, 0.717) is 31.1 Å². The number of carboxylic acids is 1. The van der Waals surface area contributed by atoms with Gasteiger partial charge in [0, 0.05) is 24.9 Å². The molecule has 2 heterocycles. The van der Waals surface area contributed by atoms with E-state index in [2.05, 4.69) is 10.3 Å². The molecule has 3 rings (SSSR count). The molecule has 0 saturated carbocycles. The maximum Gasteiger partial charge on any atom is 0.323 e. The molecule has 7 heteroatoms. The molecule has 0 aliphatic carbocycles. The Bertz CT molecular complexity index is 709. The van der Waals surface area contributed by atoms with Gasteiger partial charge in [-0.2, -0.15) is 0 Å². The second kappa shape index (κ2) is 7.44. The summed E-state index contributed by atoms with van der Waals surface area (Å²) in [5.41, 5.74) is 2.10. The number of carbonyl (C=O) groups excluding carboxylic acids is 1. The lowest BCUT2D eigenvalue weighted by molar-refractivity contribution is -0.143. The highest BCUT2D eigenvalue weighted by Gasteiger charge is 2.27. The lowest BCUT2D eigenvalue weighted by Gasteiger charge is -2.29. The molecule has 0 unspecified atom stereocenters. The average Bonchev–Trinajstić information content (AvgIpc) is 3.02. The number of likely N-dealkylation sites (tertiary alicyclic amines) is 1. The third-order valence-electron chi connectivity index (χ3n) is 4.13. The first-order chi connectivity index (χ1) is 11.6. The summed E-state index contributed by atoms with van der Waals surface area (Å²) in [6.07, 6.45) is 1.73. The monoisotopic (exact) mass is 345 g/mol. The van der Waals surface area contributed by atoms with Gasteiger partial charge in [0.15, 0.2) is 5.13 Å². The van der Waals surface area contributed by atoms with E-state index in [9.17, 15) is 9.59 Å². The lowest BCUT2D eigenvalue weighted by atomic mass is 9.97. The summed E-state index contributed by atoms with van der Waals surface area (Å²) in [5, 5.41) is 14.3. The number of hydrogen-bond donors (Lipinski definition) is 2. The molecule has 0 bridgehead atoms. The van der Waals surface area contributed by atoms with Crippen LogP contribution in [0.2, 0.25) is 0 Å². The molecule has 0 radical (unpaired) electrons. The van der Waals surface area contributed by atoms with E-state index in [1.165, 1.54) is 16.9 Å². The molecule has 1 aliphatic rings. The fourth-order valence-corrected chi connectivity index (χ4v) is 3.45. The van der Waals surface area contributed by atoms with E-state index in [-0.39, 0.29) is 11.9 Å². The number of carbonyl (C=O) groups is 2. The van der Waals surface area contributed by atoms with Crippen LogP contribution in [0.3, 0.4) is 0 Å². The number of carboxylic acid groups (broad SMARTS) is 1. The van der Waals surface area contributed by atoms with Crippen LogP contribution >= 0.6 is 11.3 Å². The van der Waals surface area contributed by atoms with Crippen molar-refractivity contribution >= 4 is 28.5 Å². The molecule has 1 aromatic carbocycles. The molecule has 1 saturated heterocycles. The number of nitrogens with zero attached hydrogens (tertiary/aromatic N) is 2. The zero-order chi connectivity index (χ0) is 16.9. The van der Waals surface area contributed by atoms with Gasteiger partial charge >= 0.3 is 12.0 Å². The highest BCUT2D eigenvalue weighted by Crippen LogP contribution is 2.21. The van der Waals surface area contributed by atoms with E-state index < -0.39 is 5.97 Å². The summed E-state index contributed by atoms with van der Waals surface area (Å²) in [7, 11) is 0. The Hall–Kier alpha value is -2.41. The van der Waals surface area contributed by atoms with Crippen molar-refractivity contribution in [3.8, 4) is 0 Å². The fraction of sp³-hybridized carbons (Fsp3) is 0.353. The molecule has 2 N–H and O–H groups in total. The van der Waals surface area contributed by atoms with Crippen molar-refractivity contribution in [2.75, 3.05) is 18.4 Å². The molecule has 0 spiro atoms. The van der Waals surface area contributed by atoms with Crippen molar-refractivity contribution in [2.45, 2.75) is 19.3 Å². The number of urea groups is 1. The van der Waals surface area contributed by atoms with E-state index in [1.54, 1.807) is 4.90 Å². The van der Waals surface area contributed by atoms with Gasteiger partial charge in [0.1, 0.15) is 0 Å². The molecule has 2 amide bonds. The maximum absolute atomic E-state index is 12.2. The van der Waals surface area contributed by atoms with Crippen LogP contribution < -0.4 is 5.32 Å². The lowest BCUT2D eigenvalue weighted by Crippen LogP contribution is -2.42. The van der Waals surface area contributed by atoms with Gasteiger partial charge in [-0.25, -0.2) is 9.78 Å². The van der Waals surface area contributed by atoms with Gasteiger partial charge in [0.2, 0.25) is 0 Å². The van der Waals surface area contributed by atoms with Crippen LogP contribution in [0.15, 0.2) is 35.7 Å². The minimum absolute atomic E-state index is 0.209. The Kier molecular flexibility index (Phi) is 5.10. The van der Waals surface area contributed by atoms with E-state index in [1.807, 2.05) is 35.7 Å². The Morgan fingerprint density at radius 3 is 2.62 bits per heavy atom. The van der Waals surface area contributed by atoms with E-state index in [0.717, 1.165) is 12.1 Å². The van der Waals surface area contributed by atoms with Crippen LogP contribution in [0.5, 0.6) is 0 Å². The van der Waals surface area contributed by atoms with Crippen LogP contribution in [0.25, 0.3) is 0 Å². The van der Waals surface area contributed by atoms with Gasteiger partial charge < -0.3 is 10.0 Å². The van der Waals surface area contributed by atoms with E-state index >= 15 is 0 Å². The topological polar surface area (TPSA) is 82.5 Å². The molecule has 0 atom stereocenters. The van der Waals surface area contributed by atoms with Crippen LogP contribution in [0.1, 0.15) is 24.1 Å². The maximum atomic E-state index is 12.2. The number of rotatable bonds is 4. The van der Waals surface area contributed by atoms with Crippen molar-refractivity contribution in [1.82, 2.24) is 9.88 Å². The second-order valence-electron chi connectivity index (χ2n) is 5.84. The number of anilines is 1. The Balaban J connectivity index is 1.53. The number of thiazole rings is 1. The largest absolute Gasteiger partial charge is 0.481 e. The summed E-state index contributed by atoms with van der Waals surface area (Å²) < 4.78 is 0. The van der Waals surface area contributed by atoms with Gasteiger partial charge in [-0.15, -0.1) is 11.3 Å². The smallest absolute Gasteiger partial charge is 0.323 e. The zero-order valence-electron chi connectivity index (χ0n) is 13.1. The summed E-state index contributed by atoms with van der Waals surface area (Å²) >= 11 is 1.40. The number of benzene rings is 1. The first-order valence-corrected chi connectivity index (χ1v) is 8.77. The summed E-state index contributed by atoms with van der Waals surface area (Å²) in [4.78, 5) is 29.3. The summed E-state index contributed by atoms with van der Waals surface area (Å²) in [6.45, 7) is 0.927. The predicted octanol–water partition coefficient (Wildman–Crippen LogP) is 3.06. The van der Waals surface area contributed by atoms with Crippen LogP contribution in [0.4, 0.5) is 9.93 Å². The molecule has 24 heavy (non-hydrogen) atoms. The van der Waals surface area contributed by atoms with Crippen molar-refractivity contribution in [3.63, 3.8) is 0 Å². The normalized spacial score (nSPS) is 15.2. The SMILES string of the molecule is O=C(O)C1CCN(C(=O)Nc2nc(Cc3ccccc3)cs2)CC1. The Labute approximate surface area is 144 Å². The zero-order valence-corrected chi connectivity index (χ0v) is 14.0. The molecule has 2 aromatic rings. The van der Waals surface area contributed by atoms with Gasteiger partial charge in [0.25, 0.3) is 0 Å². The number of piperidine rings is 1. The molecular formula is C17H19N3O3S. The van der Waals surface area contributed by atoms with Crippen molar-refractivity contribution in [1.29, 1.82) is 0 Å². The number of nitrogens with one attached hydrogen (secondary N) is 1. The minimum atomic E-state index is -0.777. The second-order valence-corrected chi connectivity index (χ2v) is 6.69. The number of amides is 2. The highest BCUT2D eigenvalue weighted by molar-refractivity contribution is 7.13. The van der Waals surface area contributed by atoms with Gasteiger partial charge in [-0.1, -0.05) is 30.3 Å². The number of hydrogen-bond acceptors (Lipinski definition) is 4. The molecule has 1 aliphatic heterocycles. The summed E-state index contributed by atoms with van der Waals surface area (Å²) in [6, 6.07) is 9.84. The van der Waals surface area contributed by atoms with Gasteiger partial charge in [-0.05, 0) is 18.4 Å². The van der Waals surface area contributed by atoms with Crippen molar-refractivity contribution < 1.29 is 14.7 Å². The molecule has 1 aromatic heterocycles. The third kappa shape index (κ3) is 4.11. The number of aromatic nitrogens is 1. The highest BCUT2D eigenvalue weighted by atomic mass is 32.1. The Morgan fingerprint density at radius 2 is 1.96 bits per heavy atom. The standard InChI is InChI=1S/C17H19N3O3S/c21-15(22)13-6-8-20(9-7-13)17(23)19-16-18-14(11-24-16)10-12-4-2-1-3-5-12/h1-5,11,13H,6-10H2,(H,21,22)(H,18,19,23). The van der Waals surface area contributed by atoms with Gasteiger partial charge in [-0.3, -0.25) is 10.1 Å². The summed E-state index contributed by atoms with van der Waals surface area (Å²) in [5.74, 6) is -1.12. The number of aliphatic carboxylic acids is 1. The van der Waals surface area contributed by atoms with Crippen LogP contribution in [0, 0.1) is 5.92 Å². The van der Waals surface area contributed by atoms with Crippen molar-refractivity contribution in [3.05, 3.63) is 47.0 Å². The molecule has 126 valence electrons. The quantitative estimate of drug-likeness (QED) is 0.892. The first-order valence-electron chi connectivity index (χ1n) is 7.89. The van der Waals surface area contributed by atoms with E-state index in [4.69, 9.17) is 5.11 Å². The van der Waals surface area contributed by atoms with Crippen molar-refractivity contribution in [2.24, 2.45) is 5.92 Å².